The number of carbonyl (C=O) groups is 1. The molecule has 0 bridgehead atoms. The van der Waals surface area contributed by atoms with Gasteiger partial charge in [-0.05, 0) is 55.3 Å². The molecule has 0 fully saturated rings. The highest BCUT2D eigenvalue weighted by Crippen LogP contribution is 2.30. The molecule has 0 unspecified atom stereocenters. The van der Waals surface area contributed by atoms with Gasteiger partial charge in [-0.15, -0.1) is 0 Å². The minimum Gasteiger partial charge on any atom is -0.493 e. The number of hydrogen-bond donors (Lipinski definition) is 0. The van der Waals surface area contributed by atoms with Crippen LogP contribution >= 0.6 is 11.8 Å². The summed E-state index contributed by atoms with van der Waals surface area (Å²) in [7, 11) is 0. The van der Waals surface area contributed by atoms with Gasteiger partial charge in [-0.25, -0.2) is 4.79 Å². The molecule has 0 aromatic heterocycles. The topological polar surface area (TPSA) is 35.5 Å². The molecule has 0 saturated carbocycles. The summed E-state index contributed by atoms with van der Waals surface area (Å²) in [5.74, 6) is 0.944. The van der Waals surface area contributed by atoms with E-state index in [9.17, 15) is 4.79 Å². The van der Waals surface area contributed by atoms with Crippen molar-refractivity contribution < 1.29 is 14.3 Å². The highest BCUT2D eigenvalue weighted by atomic mass is 32.2. The Bertz CT molecular complexity index is 390. The lowest BCUT2D eigenvalue weighted by Crippen LogP contribution is -2.08. The second-order valence-corrected chi connectivity index (χ2v) is 4.52. The van der Waals surface area contributed by atoms with E-state index in [1.165, 1.54) is 5.56 Å². The van der Waals surface area contributed by atoms with Gasteiger partial charge in [-0.2, -0.15) is 0 Å². The molecule has 0 N–H and O–H groups in total. The van der Waals surface area contributed by atoms with Gasteiger partial charge in [0.15, 0.2) is 0 Å². The number of hydrogen-bond acceptors (Lipinski definition) is 4. The number of aryl methyl sites for hydroxylation is 1. The first kappa shape index (κ1) is 11.3. The zero-order valence-electron chi connectivity index (χ0n) is 9.19. The van der Waals surface area contributed by atoms with Gasteiger partial charge in [0, 0.05) is 4.90 Å². The minimum atomic E-state index is -0.251. The van der Waals surface area contributed by atoms with Crippen molar-refractivity contribution in [3.63, 3.8) is 0 Å². The van der Waals surface area contributed by atoms with Crippen LogP contribution in [0.2, 0.25) is 0 Å². The molecule has 1 aromatic rings. The van der Waals surface area contributed by atoms with Gasteiger partial charge in [-0.1, -0.05) is 0 Å². The van der Waals surface area contributed by atoms with Crippen LogP contribution in [-0.4, -0.2) is 18.5 Å². The number of benzene rings is 1. The number of rotatable bonds is 2. The molecule has 0 amide bonds. The van der Waals surface area contributed by atoms with Crippen LogP contribution in [0, 0.1) is 0 Å². The molecular formula is C12H14O3S. The molecule has 3 nitrogen and oxygen atoms in total. The number of ether oxygens (including phenoxy) is 2. The van der Waals surface area contributed by atoms with Crippen LogP contribution in [0.1, 0.15) is 18.9 Å². The van der Waals surface area contributed by atoms with E-state index in [0.29, 0.717) is 6.61 Å². The molecular weight excluding hydrogens is 224 g/mol. The van der Waals surface area contributed by atoms with E-state index in [-0.39, 0.29) is 5.30 Å². The lowest BCUT2D eigenvalue weighted by molar-refractivity contribution is 0.181. The molecule has 1 aliphatic heterocycles. The second-order valence-electron chi connectivity index (χ2n) is 3.51. The summed E-state index contributed by atoms with van der Waals surface area (Å²) in [5.41, 5.74) is 1.18. The maximum atomic E-state index is 11.3. The Hall–Kier alpha value is -1.16. The van der Waals surface area contributed by atoms with Gasteiger partial charge < -0.3 is 9.47 Å². The first-order valence-electron chi connectivity index (χ1n) is 5.40. The molecule has 86 valence electrons. The van der Waals surface area contributed by atoms with Gasteiger partial charge in [0.25, 0.3) is 0 Å². The van der Waals surface area contributed by atoms with Crippen LogP contribution in [0.15, 0.2) is 23.1 Å². The second kappa shape index (κ2) is 5.25. The largest absolute Gasteiger partial charge is 0.493 e. The van der Waals surface area contributed by atoms with E-state index < -0.39 is 0 Å². The molecule has 0 radical (unpaired) electrons. The molecule has 1 heterocycles. The normalized spacial score (nSPS) is 13.8. The molecule has 0 spiro atoms. The van der Waals surface area contributed by atoms with E-state index in [1.54, 1.807) is 6.92 Å². The van der Waals surface area contributed by atoms with Crippen molar-refractivity contribution in [3.05, 3.63) is 23.8 Å². The first-order chi connectivity index (χ1) is 7.79. The summed E-state index contributed by atoms with van der Waals surface area (Å²) in [5, 5.41) is -0.251. The molecule has 1 aliphatic rings. The predicted octanol–water partition coefficient (Wildman–Crippen LogP) is 3.26. The fourth-order valence-electron chi connectivity index (χ4n) is 1.64. The van der Waals surface area contributed by atoms with Crippen LogP contribution in [0.4, 0.5) is 4.79 Å². The van der Waals surface area contributed by atoms with Gasteiger partial charge in [-0.3, -0.25) is 0 Å². The average Bonchev–Trinajstić information content (AvgIpc) is 2.29. The predicted molar refractivity (Wildman–Crippen MR) is 63.1 cm³/mol. The van der Waals surface area contributed by atoms with Crippen LogP contribution < -0.4 is 4.74 Å². The standard InChI is InChI=1S/C12H14O3S/c1-2-14-12(13)16-10-5-6-11-9(8-10)4-3-7-15-11/h5-6,8H,2-4,7H2,1H3. The van der Waals surface area contributed by atoms with E-state index in [2.05, 4.69) is 0 Å². The lowest BCUT2D eigenvalue weighted by atomic mass is 10.1. The van der Waals surface area contributed by atoms with Crippen molar-refractivity contribution in [3.8, 4) is 5.75 Å². The molecule has 0 atom stereocenters. The maximum Gasteiger partial charge on any atom is 0.372 e. The van der Waals surface area contributed by atoms with Gasteiger partial charge in [0.05, 0.1) is 13.2 Å². The smallest absolute Gasteiger partial charge is 0.372 e. The highest BCUT2D eigenvalue weighted by Gasteiger charge is 2.12. The third kappa shape index (κ3) is 2.70. The van der Waals surface area contributed by atoms with Crippen LogP contribution in [-0.2, 0) is 11.2 Å². The van der Waals surface area contributed by atoms with Gasteiger partial charge in [0.2, 0.25) is 0 Å². The average molecular weight is 238 g/mol. The SMILES string of the molecule is CCOC(=O)Sc1ccc2c(c1)CCCO2. The zero-order chi connectivity index (χ0) is 11.4. The van der Waals surface area contributed by atoms with Crippen molar-refractivity contribution in [1.82, 2.24) is 0 Å². The summed E-state index contributed by atoms with van der Waals surface area (Å²) in [4.78, 5) is 12.2. The summed E-state index contributed by atoms with van der Waals surface area (Å²) in [6.07, 6.45) is 2.06. The quantitative estimate of drug-likeness (QED) is 0.585. The first-order valence-corrected chi connectivity index (χ1v) is 6.21. The Morgan fingerprint density at radius 2 is 2.44 bits per heavy atom. The van der Waals surface area contributed by atoms with E-state index in [4.69, 9.17) is 9.47 Å². The van der Waals surface area contributed by atoms with Crippen LogP contribution in [0.3, 0.4) is 0 Å². The Morgan fingerprint density at radius 1 is 1.56 bits per heavy atom. The summed E-state index contributed by atoms with van der Waals surface area (Å²) < 4.78 is 10.4. The third-order valence-electron chi connectivity index (χ3n) is 2.34. The van der Waals surface area contributed by atoms with Crippen molar-refractivity contribution in [2.75, 3.05) is 13.2 Å². The summed E-state index contributed by atoms with van der Waals surface area (Å²) >= 11 is 1.12. The Kier molecular flexibility index (Phi) is 3.72. The summed E-state index contributed by atoms with van der Waals surface area (Å²) in [6, 6.07) is 5.83. The Balaban J connectivity index is 2.08. The van der Waals surface area contributed by atoms with Crippen molar-refractivity contribution in [2.24, 2.45) is 0 Å². The number of carbonyl (C=O) groups excluding carboxylic acids is 1. The van der Waals surface area contributed by atoms with Gasteiger partial charge in [0.1, 0.15) is 5.75 Å². The molecule has 4 heteroatoms. The monoisotopic (exact) mass is 238 g/mol. The fraction of sp³-hybridized carbons (Fsp3) is 0.417. The fourth-order valence-corrected chi connectivity index (χ4v) is 2.35. The maximum absolute atomic E-state index is 11.3. The Labute approximate surface area is 99.1 Å². The lowest BCUT2D eigenvalue weighted by Gasteiger charge is -2.17. The van der Waals surface area contributed by atoms with E-state index in [0.717, 1.165) is 41.9 Å². The third-order valence-corrected chi connectivity index (χ3v) is 3.12. The Morgan fingerprint density at radius 3 is 3.25 bits per heavy atom. The van der Waals surface area contributed by atoms with Crippen LogP contribution in [0.25, 0.3) is 0 Å². The molecule has 16 heavy (non-hydrogen) atoms. The molecule has 1 aromatic carbocycles. The number of fused-ring (bicyclic) bond motifs is 1. The molecule has 0 saturated heterocycles. The molecule has 2 rings (SSSR count). The minimum absolute atomic E-state index is 0.251. The van der Waals surface area contributed by atoms with Crippen molar-refractivity contribution >= 4 is 17.1 Å². The van der Waals surface area contributed by atoms with Crippen LogP contribution in [0.5, 0.6) is 5.75 Å². The zero-order valence-corrected chi connectivity index (χ0v) is 10.0. The van der Waals surface area contributed by atoms with E-state index >= 15 is 0 Å². The van der Waals surface area contributed by atoms with Crippen molar-refractivity contribution in [1.29, 1.82) is 0 Å². The van der Waals surface area contributed by atoms with E-state index in [1.807, 2.05) is 18.2 Å². The highest BCUT2D eigenvalue weighted by molar-refractivity contribution is 8.13. The summed E-state index contributed by atoms with van der Waals surface area (Å²) in [6.45, 7) is 3.01. The number of thioether (sulfide) groups is 1. The van der Waals surface area contributed by atoms with Gasteiger partial charge >= 0.3 is 5.30 Å². The van der Waals surface area contributed by atoms with Crippen molar-refractivity contribution in [2.45, 2.75) is 24.7 Å². The molecule has 0 aliphatic carbocycles.